The van der Waals surface area contributed by atoms with Crippen LogP contribution in [0.15, 0.2) is 38.8 Å². The first kappa shape index (κ1) is 27.7. The zero-order valence-electron chi connectivity index (χ0n) is 20.2. The number of amides is 1. The fraction of sp³-hybridized carbons (Fsp3) is 0.348. The number of halogens is 4. The van der Waals surface area contributed by atoms with Crippen LogP contribution in [0.5, 0.6) is 0 Å². The Morgan fingerprint density at radius 1 is 1.32 bits per heavy atom. The first-order valence-electron chi connectivity index (χ1n) is 11.1. The number of rotatable bonds is 5. The van der Waals surface area contributed by atoms with Crippen molar-refractivity contribution in [2.24, 2.45) is 0 Å². The van der Waals surface area contributed by atoms with Gasteiger partial charge in [-0.05, 0) is 38.5 Å². The maximum Gasteiger partial charge on any atom is 0.417 e. The zero-order valence-corrected chi connectivity index (χ0v) is 21.7. The van der Waals surface area contributed by atoms with Crippen LogP contribution in [0, 0.1) is 0 Å². The predicted molar refractivity (Wildman–Crippen MR) is 128 cm³/mol. The minimum atomic E-state index is -4.76. The number of oxazole rings is 1. The van der Waals surface area contributed by atoms with Gasteiger partial charge in [0.05, 0.1) is 29.4 Å². The van der Waals surface area contributed by atoms with Gasteiger partial charge >= 0.3 is 23.3 Å². The van der Waals surface area contributed by atoms with Crippen LogP contribution in [-0.4, -0.2) is 54.8 Å². The van der Waals surface area contributed by atoms with Crippen LogP contribution in [0.1, 0.15) is 51.5 Å². The number of carbonyl (C=O) groups excluding carboxylic acids is 2. The quantitative estimate of drug-likeness (QED) is 0.258. The molecule has 0 N–H and O–H groups in total. The highest BCUT2D eigenvalue weighted by Gasteiger charge is 2.37. The van der Waals surface area contributed by atoms with Crippen molar-refractivity contribution >= 4 is 34.7 Å². The van der Waals surface area contributed by atoms with Crippen molar-refractivity contribution in [2.75, 3.05) is 12.9 Å². The summed E-state index contributed by atoms with van der Waals surface area (Å²) in [5.74, 6) is -1.50. The molecule has 1 aromatic carbocycles. The van der Waals surface area contributed by atoms with Gasteiger partial charge in [0.15, 0.2) is 5.69 Å². The van der Waals surface area contributed by atoms with E-state index in [0.29, 0.717) is 6.07 Å². The van der Waals surface area contributed by atoms with E-state index in [-0.39, 0.29) is 53.3 Å². The highest BCUT2D eigenvalue weighted by atomic mass is 35.5. The summed E-state index contributed by atoms with van der Waals surface area (Å²) >= 11 is 3.83. The van der Waals surface area contributed by atoms with E-state index >= 15 is 0 Å². The highest BCUT2D eigenvalue weighted by Crippen LogP contribution is 2.35. The Morgan fingerprint density at radius 2 is 2.03 bits per heavy atom. The summed E-state index contributed by atoms with van der Waals surface area (Å²) in [5.41, 5.74) is -1.94. The Labute approximate surface area is 221 Å². The number of alkyl halides is 3. The SMILES string of the molecule is CCOC(=O)c1coc(-n2c([S+](C)[O-])nc3c(c2=O)C[C@@H](C)N(C(=O)c2ccc(Cl)c(C(F)(F)F)c2)C3)n1. The van der Waals surface area contributed by atoms with Gasteiger partial charge in [0.25, 0.3) is 11.5 Å². The number of hydrogen-bond acceptors (Lipinski definition) is 8. The Bertz CT molecular complexity index is 1470. The van der Waals surface area contributed by atoms with Crippen LogP contribution in [0.2, 0.25) is 5.02 Å². The third kappa shape index (κ3) is 5.15. The third-order valence-corrected chi connectivity index (χ3v) is 6.91. The molecule has 2 atom stereocenters. The van der Waals surface area contributed by atoms with E-state index in [2.05, 4.69) is 9.97 Å². The van der Waals surface area contributed by atoms with Crippen LogP contribution in [0.4, 0.5) is 13.2 Å². The molecule has 2 aromatic heterocycles. The molecule has 0 aliphatic carbocycles. The molecule has 0 radical (unpaired) electrons. The van der Waals surface area contributed by atoms with Gasteiger partial charge in [0, 0.05) is 28.3 Å². The molecule has 38 heavy (non-hydrogen) atoms. The largest absolute Gasteiger partial charge is 0.609 e. The zero-order chi connectivity index (χ0) is 27.9. The molecule has 0 saturated carbocycles. The van der Waals surface area contributed by atoms with Crippen molar-refractivity contribution < 1.29 is 36.5 Å². The highest BCUT2D eigenvalue weighted by molar-refractivity contribution is 7.90. The average Bonchev–Trinajstić information content (AvgIpc) is 3.33. The second kappa shape index (κ2) is 10.4. The van der Waals surface area contributed by atoms with Crippen LogP contribution < -0.4 is 5.56 Å². The van der Waals surface area contributed by atoms with Crippen molar-refractivity contribution in [1.29, 1.82) is 0 Å². The molecule has 15 heteroatoms. The second-order valence-electron chi connectivity index (χ2n) is 8.33. The fourth-order valence-corrected chi connectivity index (χ4v) is 4.86. The van der Waals surface area contributed by atoms with Crippen LogP contribution in [-0.2, 0) is 35.1 Å². The molecule has 202 valence electrons. The standard InChI is InChI=1S/C23H20ClF3N4O6S/c1-4-36-20(34)17-10-37-21(28-17)31-19(33)13-7-11(2)30(9-16(13)29-22(31)38(3)35)18(32)12-5-6-15(24)14(8-12)23(25,26)27/h5-6,8,10-11H,4,7,9H2,1-3H3/t11-,38?/m1/s1. The van der Waals surface area contributed by atoms with Gasteiger partial charge in [-0.2, -0.15) is 27.7 Å². The smallest absolute Gasteiger partial charge is 0.417 e. The molecule has 1 unspecified atom stereocenters. The van der Waals surface area contributed by atoms with E-state index in [1.54, 1.807) is 13.8 Å². The number of ether oxygens (including phenoxy) is 1. The molecule has 0 fully saturated rings. The van der Waals surface area contributed by atoms with Crippen molar-refractivity contribution in [3.63, 3.8) is 0 Å². The maximum atomic E-state index is 13.5. The first-order valence-corrected chi connectivity index (χ1v) is 13.1. The molecule has 0 saturated heterocycles. The van der Waals surface area contributed by atoms with E-state index in [0.717, 1.165) is 16.9 Å². The molecule has 1 aliphatic rings. The number of benzene rings is 1. The van der Waals surface area contributed by atoms with Gasteiger partial charge in [0.2, 0.25) is 0 Å². The van der Waals surface area contributed by atoms with E-state index < -0.39 is 51.4 Å². The lowest BCUT2D eigenvalue weighted by Crippen LogP contribution is -2.46. The first-order chi connectivity index (χ1) is 17.8. The van der Waals surface area contributed by atoms with Crippen LogP contribution in [0.25, 0.3) is 6.01 Å². The Hall–Kier alpha value is -3.36. The molecule has 1 amide bonds. The van der Waals surface area contributed by atoms with Crippen molar-refractivity contribution in [1.82, 2.24) is 19.4 Å². The van der Waals surface area contributed by atoms with Gasteiger partial charge in [-0.1, -0.05) is 11.6 Å². The summed E-state index contributed by atoms with van der Waals surface area (Å²) < 4.78 is 63.5. The lowest BCUT2D eigenvalue weighted by atomic mass is 9.98. The monoisotopic (exact) mass is 572 g/mol. The lowest BCUT2D eigenvalue weighted by Gasteiger charge is -2.34. The summed E-state index contributed by atoms with van der Waals surface area (Å²) in [7, 11) is 0. The van der Waals surface area contributed by atoms with Gasteiger partial charge in [-0.15, -0.1) is 0 Å². The number of nitrogens with zero attached hydrogens (tertiary/aromatic N) is 4. The summed E-state index contributed by atoms with van der Waals surface area (Å²) in [5, 5.41) is -0.792. The molecule has 4 rings (SSSR count). The van der Waals surface area contributed by atoms with E-state index in [1.807, 2.05) is 0 Å². The number of esters is 1. The minimum absolute atomic E-state index is 0.00526. The van der Waals surface area contributed by atoms with Crippen molar-refractivity contribution in [3.05, 3.63) is 67.9 Å². The Morgan fingerprint density at radius 3 is 2.66 bits per heavy atom. The molecule has 3 heterocycles. The molecular weight excluding hydrogens is 553 g/mol. The van der Waals surface area contributed by atoms with Gasteiger partial charge in [0.1, 0.15) is 12.5 Å². The van der Waals surface area contributed by atoms with Gasteiger partial charge < -0.3 is 18.6 Å². The van der Waals surface area contributed by atoms with Crippen LogP contribution >= 0.6 is 11.6 Å². The summed E-state index contributed by atoms with van der Waals surface area (Å²) in [6.45, 7) is 3.10. The number of carbonyl (C=O) groups is 2. The maximum absolute atomic E-state index is 13.5. The molecule has 10 nitrogen and oxygen atoms in total. The number of hydrogen-bond donors (Lipinski definition) is 0. The summed E-state index contributed by atoms with van der Waals surface area (Å²) in [6.07, 6.45) is -2.51. The molecular formula is C23H20ClF3N4O6S. The Balaban J connectivity index is 1.73. The van der Waals surface area contributed by atoms with Crippen molar-refractivity contribution in [2.45, 2.75) is 44.2 Å². The second-order valence-corrected chi connectivity index (χ2v) is 10.0. The Kier molecular flexibility index (Phi) is 7.59. The van der Waals surface area contributed by atoms with Crippen molar-refractivity contribution in [3.8, 4) is 6.01 Å². The molecule has 1 aliphatic heterocycles. The van der Waals surface area contributed by atoms with Gasteiger partial charge in [-0.25, -0.2) is 4.79 Å². The molecule has 0 bridgehead atoms. The summed E-state index contributed by atoms with van der Waals surface area (Å²) in [4.78, 5) is 48.2. The molecule has 3 aromatic rings. The molecule has 0 spiro atoms. The van der Waals surface area contributed by atoms with E-state index in [1.165, 1.54) is 17.2 Å². The summed E-state index contributed by atoms with van der Waals surface area (Å²) in [6, 6.07) is 1.90. The minimum Gasteiger partial charge on any atom is -0.609 e. The third-order valence-electron chi connectivity index (χ3n) is 5.79. The fourth-order valence-electron chi connectivity index (χ4n) is 3.98. The number of fused-ring (bicyclic) bond motifs is 1. The predicted octanol–water partition coefficient (Wildman–Crippen LogP) is 3.39. The normalized spacial score (nSPS) is 16.2. The average molecular weight is 573 g/mol. The van der Waals surface area contributed by atoms with E-state index in [9.17, 15) is 32.1 Å². The lowest BCUT2D eigenvalue weighted by molar-refractivity contribution is -0.137. The topological polar surface area (TPSA) is 131 Å². The number of aromatic nitrogens is 3. The van der Waals surface area contributed by atoms with Gasteiger partial charge in [-0.3, -0.25) is 9.59 Å². The van der Waals surface area contributed by atoms with E-state index in [4.69, 9.17) is 20.8 Å². The van der Waals surface area contributed by atoms with Crippen LogP contribution in [0.3, 0.4) is 0 Å².